The van der Waals surface area contributed by atoms with Crippen molar-refractivity contribution in [3.8, 4) is 0 Å². The van der Waals surface area contributed by atoms with Gasteiger partial charge >= 0.3 is 0 Å². The summed E-state index contributed by atoms with van der Waals surface area (Å²) in [4.78, 5) is 12.3. The third-order valence-electron chi connectivity index (χ3n) is 8.99. The molecule has 0 amide bonds. The molecular weight excluding hydrogens is 338 g/mol. The molecule has 4 nitrogen and oxygen atoms in total. The molecule has 4 rings (SSSR count). The third-order valence-corrected chi connectivity index (χ3v) is 8.99. The summed E-state index contributed by atoms with van der Waals surface area (Å²) in [6.45, 7) is 9.17. The van der Waals surface area contributed by atoms with Crippen molar-refractivity contribution in [3.05, 3.63) is 23.1 Å². The maximum Gasteiger partial charge on any atom is 0.187 e. The molecule has 4 heteroatoms. The first-order valence-electron chi connectivity index (χ1n) is 10.7. The molecule has 0 aromatic heterocycles. The van der Waals surface area contributed by atoms with Gasteiger partial charge in [-0.2, -0.15) is 0 Å². The summed E-state index contributed by atoms with van der Waals surface area (Å²) in [7, 11) is 0. The molecule has 1 unspecified atom stereocenters. The van der Waals surface area contributed by atoms with Crippen LogP contribution in [0.4, 0.5) is 0 Å². The third kappa shape index (κ3) is 2.55. The van der Waals surface area contributed by atoms with Gasteiger partial charge in [0.25, 0.3) is 0 Å². The lowest BCUT2D eigenvalue weighted by Gasteiger charge is -2.59. The minimum absolute atomic E-state index is 0.0103. The van der Waals surface area contributed by atoms with Gasteiger partial charge in [0.1, 0.15) is 0 Å². The molecule has 3 N–H and O–H groups in total. The lowest BCUT2D eigenvalue weighted by Crippen LogP contribution is -2.54. The van der Waals surface area contributed by atoms with Crippen molar-refractivity contribution in [1.82, 2.24) is 0 Å². The lowest BCUT2D eigenvalue weighted by atomic mass is 9.45. The number of rotatable bonds is 2. The van der Waals surface area contributed by atoms with Gasteiger partial charge in [0, 0.05) is 12.0 Å². The molecule has 27 heavy (non-hydrogen) atoms. The van der Waals surface area contributed by atoms with Gasteiger partial charge in [-0.3, -0.25) is 4.79 Å². The molecule has 0 aromatic carbocycles. The zero-order chi connectivity index (χ0) is 19.6. The van der Waals surface area contributed by atoms with Crippen molar-refractivity contribution in [1.29, 1.82) is 0 Å². The lowest BCUT2D eigenvalue weighted by molar-refractivity contribution is -0.121. The van der Waals surface area contributed by atoms with E-state index in [0.717, 1.165) is 49.7 Å². The molecule has 3 saturated carbocycles. The van der Waals surface area contributed by atoms with Gasteiger partial charge in [-0.25, -0.2) is 0 Å². The number of allylic oxidation sites excluding steroid dienone is 2. The van der Waals surface area contributed by atoms with Crippen molar-refractivity contribution in [2.24, 2.45) is 34.3 Å². The van der Waals surface area contributed by atoms with Crippen molar-refractivity contribution < 1.29 is 14.6 Å². The molecule has 150 valence electrons. The highest BCUT2D eigenvalue weighted by Gasteiger charge is 2.63. The zero-order valence-electron chi connectivity index (χ0n) is 17.3. The summed E-state index contributed by atoms with van der Waals surface area (Å²) in [6.07, 6.45) is 8.43. The summed E-state index contributed by atoms with van der Waals surface area (Å²) in [5, 5.41) is 11.1. The van der Waals surface area contributed by atoms with Crippen molar-refractivity contribution in [2.45, 2.75) is 78.2 Å². The van der Waals surface area contributed by atoms with Crippen LogP contribution in [0.25, 0.3) is 0 Å². The summed E-state index contributed by atoms with van der Waals surface area (Å²) in [5.74, 6) is 2.28. The van der Waals surface area contributed by atoms with E-state index in [0.29, 0.717) is 36.7 Å². The molecule has 0 radical (unpaired) electrons. The van der Waals surface area contributed by atoms with Crippen LogP contribution in [-0.2, 0) is 9.53 Å². The Bertz CT molecular complexity index is 721. The largest absolute Gasteiger partial charge is 0.479 e. The maximum absolute atomic E-state index is 12.3. The topological polar surface area (TPSA) is 72.6 Å². The van der Waals surface area contributed by atoms with E-state index in [2.05, 4.69) is 13.8 Å². The second-order valence-electron chi connectivity index (χ2n) is 10.1. The van der Waals surface area contributed by atoms with E-state index in [9.17, 15) is 9.90 Å². The Hall–Kier alpha value is -1.29. The molecule has 4 aliphatic carbocycles. The van der Waals surface area contributed by atoms with E-state index in [1.165, 1.54) is 0 Å². The van der Waals surface area contributed by atoms with Crippen molar-refractivity contribution in [3.63, 3.8) is 0 Å². The number of fused-ring (bicyclic) bond motifs is 5. The van der Waals surface area contributed by atoms with Crippen LogP contribution in [0.5, 0.6) is 0 Å². The normalized spacial score (nSPS) is 48.3. The number of hydrogen-bond acceptors (Lipinski definition) is 4. The highest BCUT2D eigenvalue weighted by Crippen LogP contribution is 2.68. The monoisotopic (exact) mass is 373 g/mol. The Balaban J connectivity index is 1.81. The van der Waals surface area contributed by atoms with E-state index in [4.69, 9.17) is 10.5 Å². The zero-order valence-corrected chi connectivity index (χ0v) is 17.3. The van der Waals surface area contributed by atoms with E-state index < -0.39 is 5.60 Å². The minimum atomic E-state index is -0.586. The summed E-state index contributed by atoms with van der Waals surface area (Å²) >= 11 is 0. The van der Waals surface area contributed by atoms with Crippen molar-refractivity contribution in [2.75, 3.05) is 6.61 Å². The number of aliphatic hydroxyl groups is 1. The molecule has 6 atom stereocenters. The molecule has 0 saturated heterocycles. The molecule has 0 spiro atoms. The maximum atomic E-state index is 12.3. The van der Waals surface area contributed by atoms with Crippen LogP contribution in [0, 0.1) is 28.6 Å². The van der Waals surface area contributed by atoms with Gasteiger partial charge in [0.2, 0.25) is 0 Å². The standard InChI is InChI=1S/C23H35NO3/c1-5-27-20(24)16-13-15-17(21(2)9-6-14(25)12-19(16)21)7-10-22(3)18(15)8-11-23(22,4)26/h12,15,17-18,26H,5-11,13,24H2,1-4H3/t15-,17-,18+,21-,22+,23?/m1/s1. The van der Waals surface area contributed by atoms with Crippen LogP contribution >= 0.6 is 0 Å². The molecule has 0 bridgehead atoms. The fourth-order valence-corrected chi connectivity index (χ4v) is 7.16. The average molecular weight is 374 g/mol. The van der Waals surface area contributed by atoms with E-state index >= 15 is 0 Å². The minimum Gasteiger partial charge on any atom is -0.479 e. The second kappa shape index (κ2) is 6.10. The molecule has 3 fully saturated rings. The average Bonchev–Trinajstić information content (AvgIpc) is 2.85. The summed E-state index contributed by atoms with van der Waals surface area (Å²) < 4.78 is 5.72. The SMILES string of the molecule is CCOC(N)=C1C[C@@H]2[C@@H](CC[C@@]3(C)[C@H]2CCC3(C)O)[C@@]2(C)CCC(=O)C=C12. The predicted octanol–water partition coefficient (Wildman–Crippen LogP) is 4.09. The first kappa shape index (κ1) is 19.0. The van der Waals surface area contributed by atoms with Gasteiger partial charge in [0.05, 0.1) is 12.2 Å². The van der Waals surface area contributed by atoms with Crippen LogP contribution in [0.15, 0.2) is 23.1 Å². The van der Waals surface area contributed by atoms with E-state index in [1.807, 2.05) is 19.9 Å². The van der Waals surface area contributed by atoms with Crippen molar-refractivity contribution >= 4 is 5.78 Å². The van der Waals surface area contributed by atoms with E-state index in [-0.39, 0.29) is 16.6 Å². The Morgan fingerprint density at radius 3 is 2.63 bits per heavy atom. The smallest absolute Gasteiger partial charge is 0.187 e. The van der Waals surface area contributed by atoms with Crippen LogP contribution in [0.2, 0.25) is 0 Å². The molecule has 0 aromatic rings. The number of ketones is 1. The highest BCUT2D eigenvalue weighted by molar-refractivity contribution is 5.92. The predicted molar refractivity (Wildman–Crippen MR) is 106 cm³/mol. The number of carbonyl (C=O) groups is 1. The Morgan fingerprint density at radius 2 is 1.93 bits per heavy atom. The summed E-state index contributed by atoms with van der Waals surface area (Å²) in [5.41, 5.74) is 7.95. The van der Waals surface area contributed by atoms with Gasteiger partial charge in [-0.05, 0) is 92.6 Å². The number of nitrogens with two attached hydrogens (primary N) is 1. The fraction of sp³-hybridized carbons (Fsp3) is 0.783. The van der Waals surface area contributed by atoms with Crippen LogP contribution < -0.4 is 5.73 Å². The molecule has 4 aliphatic rings. The van der Waals surface area contributed by atoms with Gasteiger partial charge < -0.3 is 15.6 Å². The fourth-order valence-electron chi connectivity index (χ4n) is 7.16. The van der Waals surface area contributed by atoms with Gasteiger partial charge in [-0.1, -0.05) is 13.8 Å². The van der Waals surface area contributed by atoms with Gasteiger partial charge in [0.15, 0.2) is 11.7 Å². The van der Waals surface area contributed by atoms with Crippen LogP contribution in [0.1, 0.15) is 72.6 Å². The van der Waals surface area contributed by atoms with Gasteiger partial charge in [-0.15, -0.1) is 0 Å². The molecule has 0 heterocycles. The Morgan fingerprint density at radius 1 is 1.22 bits per heavy atom. The second-order valence-corrected chi connectivity index (χ2v) is 10.1. The van der Waals surface area contributed by atoms with Crippen LogP contribution in [0.3, 0.4) is 0 Å². The number of hydrogen-bond donors (Lipinski definition) is 2. The molecule has 0 aliphatic heterocycles. The Labute approximate surface area is 163 Å². The summed E-state index contributed by atoms with van der Waals surface area (Å²) in [6, 6.07) is 0. The highest BCUT2D eigenvalue weighted by atomic mass is 16.5. The molecular formula is C23H35NO3. The van der Waals surface area contributed by atoms with E-state index in [1.54, 1.807) is 0 Å². The number of ether oxygens (including phenoxy) is 1. The van der Waals surface area contributed by atoms with Crippen LogP contribution in [-0.4, -0.2) is 23.1 Å². The Kier molecular flexibility index (Phi) is 4.30. The first-order chi connectivity index (χ1) is 12.6. The number of carbonyl (C=O) groups excluding carboxylic acids is 1. The first-order valence-corrected chi connectivity index (χ1v) is 10.7. The quantitative estimate of drug-likeness (QED) is 0.715.